The maximum atomic E-state index is 9.20. The normalized spacial score (nSPS) is 17.0. The highest BCUT2D eigenvalue weighted by Crippen LogP contribution is 2.25. The smallest absolute Gasteiger partial charge is 0.134 e. The van der Waals surface area contributed by atoms with Gasteiger partial charge in [0, 0.05) is 0 Å². The molecule has 70 valence electrons. The molecule has 1 saturated heterocycles. The minimum atomic E-state index is 0.164. The molecule has 0 aromatic heterocycles. The molecule has 2 N–H and O–H groups in total. The number of aromatic hydroxyl groups is 1. The first-order chi connectivity index (χ1) is 6.25. The molecule has 1 aromatic rings. The Labute approximate surface area is 82.5 Å². The predicted molar refractivity (Wildman–Crippen MR) is 53.2 cm³/mol. The first kappa shape index (κ1) is 8.85. The zero-order chi connectivity index (χ0) is 9.26. The Bertz CT molecular complexity index is 310. The van der Waals surface area contributed by atoms with E-state index in [0.29, 0.717) is 5.02 Å². The van der Waals surface area contributed by atoms with Crippen LogP contribution in [0.4, 0.5) is 0 Å². The maximum absolute atomic E-state index is 9.20. The molecule has 2 rings (SSSR count). The van der Waals surface area contributed by atoms with Gasteiger partial charge in [-0.15, -0.1) is 0 Å². The molecule has 0 saturated carbocycles. The second kappa shape index (κ2) is 3.56. The third-order valence-electron chi connectivity index (χ3n) is 2.40. The lowest BCUT2D eigenvalue weighted by atomic mass is 9.94. The number of benzene rings is 1. The lowest BCUT2D eigenvalue weighted by Gasteiger charge is -2.27. The molecule has 1 heterocycles. The molecule has 0 atom stereocenters. The van der Waals surface area contributed by atoms with Crippen LogP contribution in [0.3, 0.4) is 0 Å². The number of nitrogens with one attached hydrogen (secondary N) is 1. The number of hydrogen-bond donors (Lipinski definition) is 2. The van der Waals surface area contributed by atoms with Gasteiger partial charge in [-0.2, -0.15) is 0 Å². The Morgan fingerprint density at radius 1 is 1.46 bits per heavy atom. The summed E-state index contributed by atoms with van der Waals surface area (Å²) in [4.78, 5) is 0. The van der Waals surface area contributed by atoms with Crippen LogP contribution in [0.5, 0.6) is 5.75 Å². The van der Waals surface area contributed by atoms with E-state index >= 15 is 0 Å². The van der Waals surface area contributed by atoms with E-state index in [-0.39, 0.29) is 5.75 Å². The SMILES string of the molecule is Oc1ccc(CC2CNC2)cc1Cl. The number of halogens is 1. The Morgan fingerprint density at radius 2 is 2.23 bits per heavy atom. The molecule has 0 bridgehead atoms. The summed E-state index contributed by atoms with van der Waals surface area (Å²) in [5.41, 5.74) is 1.20. The largest absolute Gasteiger partial charge is 0.506 e. The van der Waals surface area contributed by atoms with Gasteiger partial charge in [-0.3, -0.25) is 0 Å². The first-order valence-electron chi connectivity index (χ1n) is 4.44. The van der Waals surface area contributed by atoms with E-state index in [1.807, 2.05) is 12.1 Å². The van der Waals surface area contributed by atoms with E-state index < -0.39 is 0 Å². The van der Waals surface area contributed by atoms with Crippen LogP contribution in [0.1, 0.15) is 5.56 Å². The van der Waals surface area contributed by atoms with Crippen LogP contribution >= 0.6 is 11.6 Å². The third-order valence-corrected chi connectivity index (χ3v) is 2.71. The van der Waals surface area contributed by atoms with E-state index in [1.54, 1.807) is 6.07 Å². The fourth-order valence-electron chi connectivity index (χ4n) is 1.50. The van der Waals surface area contributed by atoms with Crippen LogP contribution < -0.4 is 5.32 Å². The molecule has 1 fully saturated rings. The summed E-state index contributed by atoms with van der Waals surface area (Å²) in [5, 5.41) is 12.9. The number of hydrogen-bond acceptors (Lipinski definition) is 2. The zero-order valence-corrected chi connectivity index (χ0v) is 8.01. The van der Waals surface area contributed by atoms with Crippen LogP contribution in [0.2, 0.25) is 5.02 Å². The van der Waals surface area contributed by atoms with Crippen molar-refractivity contribution in [3.63, 3.8) is 0 Å². The van der Waals surface area contributed by atoms with Gasteiger partial charge < -0.3 is 10.4 Å². The molecular weight excluding hydrogens is 186 g/mol. The molecule has 0 amide bonds. The Balaban J connectivity index is 2.07. The molecule has 2 nitrogen and oxygen atoms in total. The topological polar surface area (TPSA) is 32.3 Å². The molecule has 1 aliphatic rings. The Hall–Kier alpha value is -0.730. The summed E-state index contributed by atoms with van der Waals surface area (Å²) in [6.07, 6.45) is 1.05. The van der Waals surface area contributed by atoms with Gasteiger partial charge in [0.15, 0.2) is 0 Å². The average Bonchev–Trinajstić information content (AvgIpc) is 2.04. The average molecular weight is 198 g/mol. The Morgan fingerprint density at radius 3 is 2.77 bits per heavy atom. The van der Waals surface area contributed by atoms with E-state index in [2.05, 4.69) is 5.32 Å². The van der Waals surface area contributed by atoms with Gasteiger partial charge >= 0.3 is 0 Å². The molecule has 0 aliphatic carbocycles. The van der Waals surface area contributed by atoms with Crippen molar-refractivity contribution in [1.29, 1.82) is 0 Å². The fourth-order valence-corrected chi connectivity index (χ4v) is 1.71. The van der Waals surface area contributed by atoms with Gasteiger partial charge in [0.1, 0.15) is 5.75 Å². The quantitative estimate of drug-likeness (QED) is 0.758. The van der Waals surface area contributed by atoms with Gasteiger partial charge in [-0.25, -0.2) is 0 Å². The minimum Gasteiger partial charge on any atom is -0.506 e. The summed E-state index contributed by atoms with van der Waals surface area (Å²) in [6.45, 7) is 2.19. The fraction of sp³-hybridized carbons (Fsp3) is 0.400. The lowest BCUT2D eigenvalue weighted by Crippen LogP contribution is -2.43. The van der Waals surface area contributed by atoms with E-state index in [0.717, 1.165) is 25.4 Å². The summed E-state index contributed by atoms with van der Waals surface area (Å²) in [7, 11) is 0. The molecule has 1 aliphatic heterocycles. The van der Waals surface area contributed by atoms with E-state index in [1.165, 1.54) is 5.56 Å². The highest BCUT2D eigenvalue weighted by Gasteiger charge is 2.17. The van der Waals surface area contributed by atoms with Crippen molar-refractivity contribution in [2.24, 2.45) is 5.92 Å². The van der Waals surface area contributed by atoms with Crippen LogP contribution in [-0.2, 0) is 6.42 Å². The molecule has 1 aromatic carbocycles. The molecule has 0 radical (unpaired) electrons. The predicted octanol–water partition coefficient (Wildman–Crippen LogP) is 1.81. The van der Waals surface area contributed by atoms with Crippen LogP contribution in [0.15, 0.2) is 18.2 Å². The first-order valence-corrected chi connectivity index (χ1v) is 4.81. The van der Waals surface area contributed by atoms with Crippen molar-refractivity contribution < 1.29 is 5.11 Å². The van der Waals surface area contributed by atoms with Crippen LogP contribution in [-0.4, -0.2) is 18.2 Å². The van der Waals surface area contributed by atoms with Crippen molar-refractivity contribution >= 4 is 11.6 Å². The van der Waals surface area contributed by atoms with Gasteiger partial charge in [-0.1, -0.05) is 17.7 Å². The maximum Gasteiger partial charge on any atom is 0.134 e. The number of phenols is 1. The van der Waals surface area contributed by atoms with E-state index in [9.17, 15) is 5.11 Å². The highest BCUT2D eigenvalue weighted by molar-refractivity contribution is 6.32. The lowest BCUT2D eigenvalue weighted by molar-refractivity contribution is 0.346. The summed E-state index contributed by atoms with van der Waals surface area (Å²) in [6, 6.07) is 5.43. The second-order valence-electron chi connectivity index (χ2n) is 3.51. The molecule has 13 heavy (non-hydrogen) atoms. The van der Waals surface area contributed by atoms with Gasteiger partial charge in [0.2, 0.25) is 0 Å². The summed E-state index contributed by atoms with van der Waals surface area (Å²) >= 11 is 5.79. The van der Waals surface area contributed by atoms with E-state index in [4.69, 9.17) is 11.6 Å². The summed E-state index contributed by atoms with van der Waals surface area (Å²) in [5.74, 6) is 0.901. The van der Waals surface area contributed by atoms with Crippen molar-refractivity contribution in [3.05, 3.63) is 28.8 Å². The molecule has 3 heteroatoms. The van der Waals surface area contributed by atoms with Gasteiger partial charge in [-0.05, 0) is 43.1 Å². The molecule has 0 unspecified atom stereocenters. The summed E-state index contributed by atoms with van der Waals surface area (Å²) < 4.78 is 0. The highest BCUT2D eigenvalue weighted by atomic mass is 35.5. The zero-order valence-electron chi connectivity index (χ0n) is 7.26. The van der Waals surface area contributed by atoms with Crippen LogP contribution in [0, 0.1) is 5.92 Å². The van der Waals surface area contributed by atoms with Gasteiger partial charge in [0.05, 0.1) is 5.02 Å². The van der Waals surface area contributed by atoms with Crippen molar-refractivity contribution in [1.82, 2.24) is 5.32 Å². The minimum absolute atomic E-state index is 0.164. The van der Waals surface area contributed by atoms with Crippen molar-refractivity contribution in [2.45, 2.75) is 6.42 Å². The van der Waals surface area contributed by atoms with Crippen molar-refractivity contribution in [2.75, 3.05) is 13.1 Å². The van der Waals surface area contributed by atoms with Crippen LogP contribution in [0.25, 0.3) is 0 Å². The number of rotatable bonds is 2. The van der Waals surface area contributed by atoms with Crippen molar-refractivity contribution in [3.8, 4) is 5.75 Å². The monoisotopic (exact) mass is 197 g/mol. The number of phenolic OH excluding ortho intramolecular Hbond substituents is 1. The van der Waals surface area contributed by atoms with Gasteiger partial charge in [0.25, 0.3) is 0 Å². The molecule has 0 spiro atoms. The second-order valence-corrected chi connectivity index (χ2v) is 3.92. The molecular formula is C10H12ClNO. The third kappa shape index (κ3) is 1.95. The Kier molecular flexibility index (Phi) is 2.42. The standard InChI is InChI=1S/C10H12ClNO/c11-9-4-7(1-2-10(9)13)3-8-5-12-6-8/h1-2,4,8,12-13H,3,5-6H2.